The van der Waals surface area contributed by atoms with Gasteiger partial charge in [0.15, 0.2) is 23.3 Å². The van der Waals surface area contributed by atoms with Gasteiger partial charge < -0.3 is 26.4 Å². The largest absolute Gasteiger partial charge is 0.508 e. The summed E-state index contributed by atoms with van der Waals surface area (Å²) in [4.78, 5) is 89.8. The highest BCUT2D eigenvalue weighted by Crippen LogP contribution is 2.38. The number of phenols is 1. The zero-order valence-electron chi connectivity index (χ0n) is 66.9. The molecule has 4 heterocycles. The van der Waals surface area contributed by atoms with Crippen molar-refractivity contribution in [2.24, 2.45) is 23.7 Å². The number of nitrogens with zero attached hydrogens (tertiary/aromatic N) is 8. The standard InChI is InChI=1S/C24H24BrN3O.C24H24ClN3O.C24H24FN3O.C24H25N3O2/c3*1-15(2)13-21-24(28-22(29)14-16-7-10-18(25)11-8-16)27-20-12-9-17-5-3-4-6-19(17)23(20)26-21;1-15(2)13-21-24(27-22(29)14-16-7-10-18(28)11-8-16)26-20-12-9-17-5-3-4-6-19(17)23(20)25-21/h3*3-8,10-11,15H,9,12-14H2,1-2H3,(H,27,28,29);3-8,10-11,15,28H,9,12-14H2,1-2H3,(H,26,27,29). The molecule has 20 heteroatoms. The molecule has 116 heavy (non-hydrogen) atoms. The Bertz CT molecular complexity index is 4860. The van der Waals surface area contributed by atoms with E-state index in [2.05, 4.69) is 165 Å². The summed E-state index contributed by atoms with van der Waals surface area (Å²) >= 11 is 9.36. The first kappa shape index (κ1) is 82.4. The van der Waals surface area contributed by atoms with E-state index in [0.29, 0.717) is 58.4 Å². The molecule has 0 spiro atoms. The van der Waals surface area contributed by atoms with Crippen LogP contribution in [0.15, 0.2) is 199 Å². The second-order valence-electron chi connectivity index (χ2n) is 31.7. The van der Waals surface area contributed by atoms with Crippen molar-refractivity contribution in [3.05, 3.63) is 299 Å². The van der Waals surface area contributed by atoms with Crippen molar-refractivity contribution in [2.45, 2.75) is 158 Å². The predicted octanol–water partition coefficient (Wildman–Crippen LogP) is 19.7. The Labute approximate surface area is 691 Å². The number of amides is 4. The summed E-state index contributed by atoms with van der Waals surface area (Å²) in [6, 6.07) is 61.2. The third kappa shape index (κ3) is 21.7. The van der Waals surface area contributed by atoms with Gasteiger partial charge in [-0.1, -0.05) is 229 Å². The molecule has 0 unspecified atom stereocenters. The highest BCUT2D eigenvalue weighted by Gasteiger charge is 2.28. The number of fused-ring (bicyclic) bond motifs is 12. The Kier molecular flexibility index (Phi) is 27.2. The van der Waals surface area contributed by atoms with Crippen LogP contribution in [0.2, 0.25) is 5.02 Å². The fourth-order valence-electron chi connectivity index (χ4n) is 14.9. The summed E-state index contributed by atoms with van der Waals surface area (Å²) in [5, 5.41) is 22.0. The van der Waals surface area contributed by atoms with Gasteiger partial charge in [0.05, 0.1) is 94.0 Å². The van der Waals surface area contributed by atoms with Crippen molar-refractivity contribution in [1.82, 2.24) is 39.9 Å². The number of nitrogens with one attached hydrogen (secondary N) is 4. The molecule has 4 aliphatic carbocycles. The number of anilines is 4. The van der Waals surface area contributed by atoms with E-state index in [4.69, 9.17) is 51.5 Å². The van der Waals surface area contributed by atoms with Crippen molar-refractivity contribution in [1.29, 1.82) is 0 Å². The smallest absolute Gasteiger partial charge is 0.229 e. The van der Waals surface area contributed by atoms with Crippen LogP contribution in [-0.4, -0.2) is 68.6 Å². The molecule has 592 valence electrons. The number of aryl methyl sites for hydroxylation is 8. The fourth-order valence-corrected chi connectivity index (χ4v) is 15.2. The van der Waals surface area contributed by atoms with Gasteiger partial charge in [0, 0.05) is 31.7 Å². The number of carbonyl (C=O) groups is 4. The minimum Gasteiger partial charge on any atom is -0.508 e. The molecule has 0 fully saturated rings. The van der Waals surface area contributed by atoms with E-state index in [1.165, 1.54) is 39.9 Å². The van der Waals surface area contributed by atoms with Crippen LogP contribution in [0.25, 0.3) is 45.0 Å². The summed E-state index contributed by atoms with van der Waals surface area (Å²) < 4.78 is 14.1. The Hall–Kier alpha value is -11.5. The maximum atomic E-state index is 13.1. The SMILES string of the molecule is CC(C)Cc1nc2c(nc1NC(=O)Cc1ccc(Br)cc1)CCc1ccccc1-2.CC(C)Cc1nc2c(nc1NC(=O)Cc1ccc(Cl)cc1)CCc1ccccc1-2.CC(C)Cc1nc2c(nc1NC(=O)Cc1ccc(F)cc1)CCc1ccccc1-2.CC(C)Cc1nc2c(nc1NC(=O)Cc1ccc(O)cc1)CCc1ccccc1-2. The summed E-state index contributed by atoms with van der Waals surface area (Å²) in [5.74, 6) is 3.34. The van der Waals surface area contributed by atoms with Gasteiger partial charge in [-0.15, -0.1) is 0 Å². The van der Waals surface area contributed by atoms with Crippen LogP contribution < -0.4 is 21.3 Å². The first-order chi connectivity index (χ1) is 56.0. The number of halogens is 3. The topological polar surface area (TPSA) is 240 Å². The predicted molar refractivity (Wildman–Crippen MR) is 463 cm³/mol. The summed E-state index contributed by atoms with van der Waals surface area (Å²) in [6.07, 6.45) is 11.1. The van der Waals surface area contributed by atoms with E-state index < -0.39 is 0 Å². The van der Waals surface area contributed by atoms with Crippen molar-refractivity contribution in [2.75, 3.05) is 21.3 Å². The number of hydrogen-bond acceptors (Lipinski definition) is 13. The van der Waals surface area contributed by atoms with Gasteiger partial charge >= 0.3 is 0 Å². The molecule has 0 radical (unpaired) electrons. The van der Waals surface area contributed by atoms with Gasteiger partial charge in [0.25, 0.3) is 0 Å². The van der Waals surface area contributed by atoms with Crippen LogP contribution in [0.5, 0.6) is 5.75 Å². The van der Waals surface area contributed by atoms with Gasteiger partial charge in [-0.05, 0) is 194 Å². The Balaban J connectivity index is 0.000000135. The van der Waals surface area contributed by atoms with Gasteiger partial charge in [0.1, 0.15) is 11.6 Å². The molecule has 5 N–H and O–H groups in total. The van der Waals surface area contributed by atoms with Crippen LogP contribution >= 0.6 is 27.5 Å². The number of benzene rings is 8. The molecule has 0 atom stereocenters. The first-order valence-corrected chi connectivity index (χ1v) is 41.3. The Morgan fingerprint density at radius 1 is 0.345 bits per heavy atom. The van der Waals surface area contributed by atoms with Crippen LogP contribution in [-0.2, 0) is 122 Å². The van der Waals surface area contributed by atoms with Gasteiger partial charge in [-0.25, -0.2) is 44.3 Å². The van der Waals surface area contributed by atoms with E-state index >= 15 is 0 Å². The number of hydrogen-bond donors (Lipinski definition) is 5. The minimum absolute atomic E-state index is 0.0669. The van der Waals surface area contributed by atoms with Gasteiger partial charge in [-0.2, -0.15) is 0 Å². The zero-order valence-corrected chi connectivity index (χ0v) is 69.2. The van der Waals surface area contributed by atoms with E-state index in [9.17, 15) is 28.7 Å². The molecule has 17 nitrogen and oxygen atoms in total. The molecule has 0 saturated carbocycles. The molecular weight excluding hydrogens is 1540 g/mol. The van der Waals surface area contributed by atoms with Crippen molar-refractivity contribution in [3.8, 4) is 50.8 Å². The average molecular weight is 1630 g/mol. The first-order valence-electron chi connectivity index (χ1n) is 40.1. The molecule has 0 bridgehead atoms. The molecular formula is C96H97BrClFN12O5. The molecule has 4 aromatic heterocycles. The number of aromatic hydroxyl groups is 1. The highest BCUT2D eigenvalue weighted by molar-refractivity contribution is 9.10. The maximum Gasteiger partial charge on any atom is 0.229 e. The number of aromatic nitrogens is 8. The normalized spacial score (nSPS) is 12.4. The van der Waals surface area contributed by atoms with Crippen molar-refractivity contribution < 1.29 is 28.7 Å². The summed E-state index contributed by atoms with van der Waals surface area (Å²) in [5.41, 5.74) is 24.2. The van der Waals surface area contributed by atoms with Crippen molar-refractivity contribution >= 4 is 74.4 Å². The second-order valence-corrected chi connectivity index (χ2v) is 33.1. The second kappa shape index (κ2) is 38.3. The Morgan fingerprint density at radius 2 is 0.586 bits per heavy atom. The molecule has 12 aromatic rings. The summed E-state index contributed by atoms with van der Waals surface area (Å²) in [7, 11) is 0. The molecule has 4 aliphatic rings. The molecule has 16 rings (SSSR count). The van der Waals surface area contributed by atoms with Crippen LogP contribution in [0.1, 0.15) is 145 Å². The van der Waals surface area contributed by atoms with E-state index in [1.807, 2.05) is 60.7 Å². The summed E-state index contributed by atoms with van der Waals surface area (Å²) in [6.45, 7) is 17.1. The van der Waals surface area contributed by atoms with Crippen LogP contribution in [0.3, 0.4) is 0 Å². The maximum absolute atomic E-state index is 13.1. The molecule has 4 amide bonds. The number of carbonyl (C=O) groups excluding carboxylic acids is 4. The van der Waals surface area contributed by atoms with E-state index in [0.717, 1.165) is 189 Å². The number of rotatable bonds is 20. The van der Waals surface area contributed by atoms with E-state index in [1.54, 1.807) is 48.5 Å². The van der Waals surface area contributed by atoms with Crippen molar-refractivity contribution in [3.63, 3.8) is 0 Å². The third-order valence-electron chi connectivity index (χ3n) is 20.3. The lowest BCUT2D eigenvalue weighted by atomic mass is 9.91. The highest BCUT2D eigenvalue weighted by atomic mass is 79.9. The fraction of sp³-hybridized carbons (Fsp3) is 0.292. The Morgan fingerprint density at radius 3 is 0.853 bits per heavy atom. The quantitative estimate of drug-likeness (QED) is 0.0478. The molecule has 0 aliphatic heterocycles. The van der Waals surface area contributed by atoms with Crippen LogP contribution in [0, 0.1) is 29.5 Å². The van der Waals surface area contributed by atoms with E-state index in [-0.39, 0.29) is 54.5 Å². The van der Waals surface area contributed by atoms with Crippen LogP contribution in [0.4, 0.5) is 27.7 Å². The lowest BCUT2D eigenvalue weighted by molar-refractivity contribution is -0.116. The lowest BCUT2D eigenvalue weighted by Gasteiger charge is -2.21. The minimum atomic E-state index is -0.311. The molecule has 8 aromatic carbocycles. The average Bonchev–Trinajstić information content (AvgIpc) is 0.791. The third-order valence-corrected chi connectivity index (χ3v) is 21.1. The zero-order chi connectivity index (χ0) is 81.5. The number of phenolic OH excluding ortho intramolecular Hbond substituents is 1. The lowest BCUT2D eigenvalue weighted by Crippen LogP contribution is -2.20. The molecule has 0 saturated heterocycles. The van der Waals surface area contributed by atoms with Gasteiger partial charge in [0.2, 0.25) is 23.6 Å². The monoisotopic (exact) mass is 1630 g/mol. The van der Waals surface area contributed by atoms with Gasteiger partial charge in [-0.3, -0.25) is 19.2 Å².